The highest BCUT2D eigenvalue weighted by molar-refractivity contribution is 5.02. The Hall–Kier alpha value is -1.04. The highest BCUT2D eigenvalue weighted by atomic mass is 19.4. The lowest BCUT2D eigenvalue weighted by Gasteiger charge is -2.36. The minimum absolute atomic E-state index is 0.0331. The third-order valence-corrected chi connectivity index (χ3v) is 4.15. The van der Waals surface area contributed by atoms with E-state index in [0.29, 0.717) is 12.8 Å². The van der Waals surface area contributed by atoms with E-state index in [1.165, 1.54) is 0 Å². The molecule has 0 unspecified atom stereocenters. The lowest BCUT2D eigenvalue weighted by atomic mass is 9.76. The van der Waals surface area contributed by atoms with Crippen molar-refractivity contribution >= 4 is 0 Å². The maximum Gasteiger partial charge on any atom is 0.391 e. The predicted molar refractivity (Wildman–Crippen MR) is 64.5 cm³/mol. The van der Waals surface area contributed by atoms with Crippen molar-refractivity contribution in [2.24, 2.45) is 13.0 Å². The van der Waals surface area contributed by atoms with E-state index in [0.717, 1.165) is 5.69 Å². The Bertz CT molecular complexity index is 420. The molecule has 1 saturated carbocycles. The molecule has 6 heteroatoms. The van der Waals surface area contributed by atoms with Crippen molar-refractivity contribution in [2.45, 2.75) is 50.3 Å². The van der Waals surface area contributed by atoms with Crippen LogP contribution in [0, 0.1) is 5.92 Å². The van der Waals surface area contributed by atoms with Gasteiger partial charge in [-0.3, -0.25) is 4.68 Å². The van der Waals surface area contributed by atoms with E-state index in [9.17, 15) is 18.3 Å². The molecule has 1 N–H and O–H groups in total. The molecule has 0 aliphatic heterocycles. The van der Waals surface area contributed by atoms with Crippen LogP contribution in [0.25, 0.3) is 0 Å². The maximum absolute atomic E-state index is 12.6. The monoisotopic (exact) mass is 276 g/mol. The average molecular weight is 276 g/mol. The van der Waals surface area contributed by atoms with Gasteiger partial charge in [-0.25, -0.2) is 0 Å². The van der Waals surface area contributed by atoms with Crippen molar-refractivity contribution in [1.82, 2.24) is 9.78 Å². The molecule has 1 aliphatic rings. The standard InChI is InChI=1S/C13H19F3N2O/c1-18-11(5-9-17-18)4-8-12(19)6-2-10(3-7-12)13(14,15)16/h5,9-10,19H,2-4,6-8H2,1H3. The van der Waals surface area contributed by atoms with Crippen molar-refractivity contribution in [3.63, 3.8) is 0 Å². The first-order valence-electron chi connectivity index (χ1n) is 6.56. The summed E-state index contributed by atoms with van der Waals surface area (Å²) in [5.74, 6) is -1.25. The zero-order valence-electron chi connectivity index (χ0n) is 11.0. The molecular weight excluding hydrogens is 257 g/mol. The molecule has 1 aromatic heterocycles. The van der Waals surface area contributed by atoms with Gasteiger partial charge in [0.2, 0.25) is 0 Å². The number of aliphatic hydroxyl groups is 1. The third-order valence-electron chi connectivity index (χ3n) is 4.15. The predicted octanol–water partition coefficient (Wildman–Crippen LogP) is 2.84. The molecule has 1 aromatic rings. The molecule has 2 rings (SSSR count). The summed E-state index contributed by atoms with van der Waals surface area (Å²) in [7, 11) is 1.82. The lowest BCUT2D eigenvalue weighted by molar-refractivity contribution is -0.192. The maximum atomic E-state index is 12.6. The van der Waals surface area contributed by atoms with Crippen LogP contribution in [0.4, 0.5) is 13.2 Å². The van der Waals surface area contributed by atoms with Crippen LogP contribution in [-0.4, -0.2) is 26.7 Å². The SMILES string of the molecule is Cn1nccc1CCC1(O)CCC(C(F)(F)F)CC1. The molecule has 0 radical (unpaired) electrons. The lowest BCUT2D eigenvalue weighted by Crippen LogP contribution is -2.38. The van der Waals surface area contributed by atoms with Crippen LogP contribution < -0.4 is 0 Å². The molecule has 1 fully saturated rings. The second-order valence-electron chi connectivity index (χ2n) is 5.49. The highest BCUT2D eigenvalue weighted by Crippen LogP contribution is 2.42. The van der Waals surface area contributed by atoms with Crippen LogP contribution in [0.1, 0.15) is 37.8 Å². The molecule has 0 bridgehead atoms. The highest BCUT2D eigenvalue weighted by Gasteiger charge is 2.44. The van der Waals surface area contributed by atoms with Gasteiger partial charge in [-0.2, -0.15) is 18.3 Å². The van der Waals surface area contributed by atoms with Crippen LogP contribution >= 0.6 is 0 Å². The molecule has 19 heavy (non-hydrogen) atoms. The summed E-state index contributed by atoms with van der Waals surface area (Å²) in [6.45, 7) is 0. The van der Waals surface area contributed by atoms with Crippen LogP contribution in [0.3, 0.4) is 0 Å². The fourth-order valence-electron chi connectivity index (χ4n) is 2.74. The van der Waals surface area contributed by atoms with E-state index in [1.807, 2.05) is 13.1 Å². The molecule has 108 valence electrons. The Morgan fingerprint density at radius 2 is 2.05 bits per heavy atom. The summed E-state index contributed by atoms with van der Waals surface area (Å²) in [6, 6.07) is 1.87. The second kappa shape index (κ2) is 5.15. The summed E-state index contributed by atoms with van der Waals surface area (Å²) in [5, 5.41) is 14.4. The number of hydrogen-bond donors (Lipinski definition) is 1. The smallest absolute Gasteiger partial charge is 0.390 e. The topological polar surface area (TPSA) is 38.0 Å². The van der Waals surface area contributed by atoms with Crippen molar-refractivity contribution in [1.29, 1.82) is 0 Å². The normalized spacial score (nSPS) is 28.6. The molecule has 0 atom stereocenters. The van der Waals surface area contributed by atoms with Gasteiger partial charge in [-0.15, -0.1) is 0 Å². The van der Waals surface area contributed by atoms with E-state index < -0.39 is 17.7 Å². The van der Waals surface area contributed by atoms with Gasteiger partial charge in [-0.1, -0.05) is 0 Å². The number of halogens is 3. The summed E-state index contributed by atoms with van der Waals surface area (Å²) in [6.07, 6.45) is -0.773. The summed E-state index contributed by atoms with van der Waals surface area (Å²) >= 11 is 0. The Morgan fingerprint density at radius 3 is 2.53 bits per heavy atom. The number of aromatic nitrogens is 2. The molecule has 0 spiro atoms. The van der Waals surface area contributed by atoms with Crippen molar-refractivity contribution in [2.75, 3.05) is 0 Å². The number of rotatable bonds is 3. The Kier molecular flexibility index (Phi) is 3.90. The first-order chi connectivity index (χ1) is 8.80. The zero-order chi connectivity index (χ0) is 14.1. The van der Waals surface area contributed by atoms with Gasteiger partial charge in [0.1, 0.15) is 0 Å². The zero-order valence-corrected chi connectivity index (χ0v) is 11.0. The van der Waals surface area contributed by atoms with Crippen LogP contribution in [0.15, 0.2) is 12.3 Å². The van der Waals surface area contributed by atoms with Gasteiger partial charge in [0.25, 0.3) is 0 Å². The molecule has 0 saturated heterocycles. The van der Waals surface area contributed by atoms with E-state index in [1.54, 1.807) is 10.9 Å². The van der Waals surface area contributed by atoms with Crippen molar-refractivity contribution in [3.05, 3.63) is 18.0 Å². The molecule has 0 amide bonds. The first kappa shape index (κ1) is 14.4. The van der Waals surface area contributed by atoms with Crippen molar-refractivity contribution in [3.8, 4) is 0 Å². The van der Waals surface area contributed by atoms with Gasteiger partial charge in [-0.05, 0) is 44.6 Å². The number of nitrogens with zero attached hydrogens (tertiary/aromatic N) is 2. The number of aryl methyl sites for hydroxylation is 2. The average Bonchev–Trinajstić information content (AvgIpc) is 2.72. The summed E-state index contributed by atoms with van der Waals surface area (Å²) < 4.78 is 39.4. The van der Waals surface area contributed by atoms with E-state index in [4.69, 9.17) is 0 Å². The van der Waals surface area contributed by atoms with E-state index in [-0.39, 0.29) is 25.7 Å². The van der Waals surface area contributed by atoms with Gasteiger partial charge in [0.15, 0.2) is 0 Å². The molecule has 1 heterocycles. The fraction of sp³-hybridized carbons (Fsp3) is 0.769. The Morgan fingerprint density at radius 1 is 1.42 bits per heavy atom. The van der Waals surface area contributed by atoms with E-state index in [2.05, 4.69) is 5.10 Å². The Balaban J connectivity index is 1.87. The largest absolute Gasteiger partial charge is 0.391 e. The summed E-state index contributed by atoms with van der Waals surface area (Å²) in [4.78, 5) is 0. The molecular formula is C13H19F3N2O. The van der Waals surface area contributed by atoms with Gasteiger partial charge >= 0.3 is 6.18 Å². The van der Waals surface area contributed by atoms with Crippen LogP contribution in [0.5, 0.6) is 0 Å². The van der Waals surface area contributed by atoms with Gasteiger partial charge in [0.05, 0.1) is 11.5 Å². The number of hydrogen-bond acceptors (Lipinski definition) is 2. The minimum Gasteiger partial charge on any atom is -0.390 e. The van der Waals surface area contributed by atoms with E-state index >= 15 is 0 Å². The van der Waals surface area contributed by atoms with Crippen LogP contribution in [0.2, 0.25) is 0 Å². The third kappa shape index (κ3) is 3.49. The first-order valence-corrected chi connectivity index (χ1v) is 6.56. The van der Waals surface area contributed by atoms with Gasteiger partial charge in [0, 0.05) is 18.9 Å². The van der Waals surface area contributed by atoms with Crippen molar-refractivity contribution < 1.29 is 18.3 Å². The molecule has 3 nitrogen and oxygen atoms in total. The summed E-state index contributed by atoms with van der Waals surface area (Å²) in [5.41, 5.74) is 0.0396. The van der Waals surface area contributed by atoms with Gasteiger partial charge < -0.3 is 5.11 Å². The van der Waals surface area contributed by atoms with Crippen LogP contribution in [-0.2, 0) is 13.5 Å². The quantitative estimate of drug-likeness (QED) is 0.922. The Labute approximate surface area is 110 Å². The number of alkyl halides is 3. The fourth-order valence-corrected chi connectivity index (χ4v) is 2.74. The molecule has 1 aliphatic carbocycles. The molecule has 0 aromatic carbocycles. The second-order valence-corrected chi connectivity index (χ2v) is 5.49. The minimum atomic E-state index is -4.12.